The first-order chi connectivity index (χ1) is 17.2. The summed E-state index contributed by atoms with van der Waals surface area (Å²) in [5, 5.41) is 2.68. The lowest BCUT2D eigenvalue weighted by atomic mass is 9.90. The van der Waals surface area contributed by atoms with Crippen LogP contribution < -0.4 is 10.0 Å². The van der Waals surface area contributed by atoms with Gasteiger partial charge in [0.25, 0.3) is 0 Å². The highest BCUT2D eigenvalue weighted by atomic mass is 32.2. The van der Waals surface area contributed by atoms with E-state index in [1.54, 1.807) is 26.0 Å². The predicted octanol–water partition coefficient (Wildman–Crippen LogP) is 4.51. The molecule has 3 aromatic rings. The second-order valence-corrected chi connectivity index (χ2v) is 10.2. The van der Waals surface area contributed by atoms with Crippen LogP contribution in [0.4, 0.5) is 33.6 Å². The van der Waals surface area contributed by atoms with Crippen molar-refractivity contribution in [3.8, 4) is 0 Å². The van der Waals surface area contributed by atoms with Crippen molar-refractivity contribution < 1.29 is 30.4 Å². The van der Waals surface area contributed by atoms with Gasteiger partial charge in [0.2, 0.25) is 15.8 Å². The van der Waals surface area contributed by atoms with E-state index in [1.807, 2.05) is 0 Å². The third-order valence-corrected chi connectivity index (χ3v) is 6.84. The quantitative estimate of drug-likeness (QED) is 0.447. The molecule has 0 aliphatic carbocycles. The van der Waals surface area contributed by atoms with Gasteiger partial charge in [0, 0.05) is 24.7 Å². The number of hydrogen-bond acceptors (Lipinski definition) is 7. The average Bonchev–Trinajstić information content (AvgIpc) is 2.80. The van der Waals surface area contributed by atoms with Crippen LogP contribution in [0.2, 0.25) is 0 Å². The number of nitrogens with one attached hydrogen (secondary N) is 2. The van der Waals surface area contributed by atoms with Crippen molar-refractivity contribution in [2.75, 3.05) is 5.32 Å². The van der Waals surface area contributed by atoms with Gasteiger partial charge in [0.1, 0.15) is 28.2 Å². The molecule has 4 rings (SSSR count). The van der Waals surface area contributed by atoms with Crippen molar-refractivity contribution in [3.05, 3.63) is 77.9 Å². The molecule has 194 valence electrons. The number of aliphatic imine (C=N–C) groups is 1. The molecule has 1 atom stereocenters. The van der Waals surface area contributed by atoms with Crippen molar-refractivity contribution in [2.24, 2.45) is 4.99 Å². The SMILES string of the molecule is CC1(C)N=CC(c2ccnc(Nc3ccnc(C(F)(F)F)n3)c2)=CC1NS(=O)(=O)c1ccc(F)cc1F. The third-order valence-electron chi connectivity index (χ3n) is 5.37. The normalized spacial score (nSPS) is 17.4. The maximum absolute atomic E-state index is 14.2. The van der Waals surface area contributed by atoms with Gasteiger partial charge < -0.3 is 5.32 Å². The highest BCUT2D eigenvalue weighted by Crippen LogP contribution is 2.29. The number of anilines is 2. The number of alkyl halides is 3. The molecule has 0 amide bonds. The lowest BCUT2D eigenvalue weighted by molar-refractivity contribution is -0.144. The summed E-state index contributed by atoms with van der Waals surface area (Å²) in [5.74, 6) is -3.44. The molecular weight excluding hydrogens is 519 g/mol. The number of pyridine rings is 1. The van der Waals surface area contributed by atoms with Crippen LogP contribution in [-0.4, -0.2) is 41.2 Å². The summed E-state index contributed by atoms with van der Waals surface area (Å²) in [6, 6.07) is 5.55. The van der Waals surface area contributed by atoms with Crippen molar-refractivity contribution in [1.82, 2.24) is 19.7 Å². The monoisotopic (exact) mass is 538 g/mol. The Labute approximate surface area is 208 Å². The van der Waals surface area contributed by atoms with E-state index >= 15 is 0 Å². The van der Waals surface area contributed by atoms with Crippen LogP contribution in [0, 0.1) is 11.6 Å². The fraction of sp³-hybridized carbons (Fsp3) is 0.217. The number of sulfonamides is 1. The zero-order valence-electron chi connectivity index (χ0n) is 19.3. The van der Waals surface area contributed by atoms with Crippen LogP contribution in [0.25, 0.3) is 5.57 Å². The molecule has 0 saturated carbocycles. The highest BCUT2D eigenvalue weighted by Gasteiger charge is 2.36. The van der Waals surface area contributed by atoms with E-state index in [0.717, 1.165) is 18.3 Å². The second-order valence-electron chi connectivity index (χ2n) is 8.53. The Hall–Kier alpha value is -3.78. The van der Waals surface area contributed by atoms with E-state index in [-0.39, 0.29) is 11.6 Å². The zero-order valence-corrected chi connectivity index (χ0v) is 20.1. The number of rotatable bonds is 6. The molecule has 1 aromatic carbocycles. The minimum absolute atomic E-state index is 0.133. The number of aromatic nitrogens is 3. The zero-order chi connectivity index (χ0) is 27.0. The number of halogens is 5. The Morgan fingerprint density at radius 3 is 2.41 bits per heavy atom. The van der Waals surface area contributed by atoms with Crippen LogP contribution >= 0.6 is 0 Å². The van der Waals surface area contributed by atoms with Crippen LogP contribution in [0.5, 0.6) is 0 Å². The molecule has 1 unspecified atom stereocenters. The molecule has 1 aliphatic rings. The van der Waals surface area contributed by atoms with Gasteiger partial charge in [-0.25, -0.2) is 36.9 Å². The molecule has 1 aliphatic heterocycles. The van der Waals surface area contributed by atoms with E-state index in [4.69, 9.17) is 0 Å². The van der Waals surface area contributed by atoms with E-state index in [1.165, 1.54) is 24.5 Å². The minimum atomic E-state index is -4.72. The molecule has 3 heterocycles. The highest BCUT2D eigenvalue weighted by molar-refractivity contribution is 7.89. The third kappa shape index (κ3) is 5.97. The fourth-order valence-electron chi connectivity index (χ4n) is 3.39. The Bertz CT molecular complexity index is 1510. The van der Waals surface area contributed by atoms with Crippen LogP contribution in [0.15, 0.2) is 64.8 Å². The van der Waals surface area contributed by atoms with E-state index in [9.17, 15) is 30.4 Å². The molecule has 0 spiro atoms. The molecule has 0 bridgehead atoms. The first-order valence-electron chi connectivity index (χ1n) is 10.6. The molecule has 37 heavy (non-hydrogen) atoms. The number of hydrogen-bond donors (Lipinski definition) is 2. The summed E-state index contributed by atoms with van der Waals surface area (Å²) in [4.78, 5) is 14.4. The summed E-state index contributed by atoms with van der Waals surface area (Å²) < 4.78 is 94.2. The maximum Gasteiger partial charge on any atom is 0.451 e. The Morgan fingerprint density at radius 1 is 0.973 bits per heavy atom. The van der Waals surface area contributed by atoms with E-state index in [0.29, 0.717) is 17.2 Å². The topological polar surface area (TPSA) is 109 Å². The van der Waals surface area contributed by atoms with Crippen molar-refractivity contribution in [2.45, 2.75) is 36.5 Å². The fourth-order valence-corrected chi connectivity index (χ4v) is 4.77. The van der Waals surface area contributed by atoms with Gasteiger partial charge in [0.05, 0.1) is 11.6 Å². The number of benzene rings is 1. The van der Waals surface area contributed by atoms with Crippen LogP contribution in [-0.2, 0) is 16.2 Å². The number of nitrogens with zero attached hydrogens (tertiary/aromatic N) is 4. The van der Waals surface area contributed by atoms with Crippen LogP contribution in [0.1, 0.15) is 25.2 Å². The Kier molecular flexibility index (Phi) is 6.81. The molecule has 2 N–H and O–H groups in total. The first kappa shape index (κ1) is 26.3. The molecule has 8 nitrogen and oxygen atoms in total. The van der Waals surface area contributed by atoms with Gasteiger partial charge >= 0.3 is 6.18 Å². The van der Waals surface area contributed by atoms with Crippen molar-refractivity contribution >= 4 is 33.4 Å². The smallest absolute Gasteiger partial charge is 0.325 e. The first-order valence-corrected chi connectivity index (χ1v) is 12.1. The molecular formula is C23H19F5N6O2S. The summed E-state index contributed by atoms with van der Waals surface area (Å²) in [6.45, 7) is 3.33. The molecule has 0 fully saturated rings. The molecule has 0 radical (unpaired) electrons. The maximum atomic E-state index is 14.2. The summed E-state index contributed by atoms with van der Waals surface area (Å²) >= 11 is 0. The van der Waals surface area contributed by atoms with Crippen molar-refractivity contribution in [1.29, 1.82) is 0 Å². The van der Waals surface area contributed by atoms with Gasteiger partial charge in [-0.15, -0.1) is 0 Å². The molecule has 14 heteroatoms. The lowest BCUT2D eigenvalue weighted by Gasteiger charge is -2.32. The van der Waals surface area contributed by atoms with E-state index < -0.39 is 50.1 Å². The van der Waals surface area contributed by atoms with Crippen LogP contribution in [0.3, 0.4) is 0 Å². The number of allylic oxidation sites excluding steroid dienone is 1. The Morgan fingerprint density at radius 2 is 1.70 bits per heavy atom. The van der Waals surface area contributed by atoms with Gasteiger partial charge in [-0.1, -0.05) is 6.08 Å². The Balaban J connectivity index is 1.61. The predicted molar refractivity (Wildman–Crippen MR) is 126 cm³/mol. The van der Waals surface area contributed by atoms with Gasteiger partial charge in [0.15, 0.2) is 0 Å². The van der Waals surface area contributed by atoms with Gasteiger partial charge in [-0.05, 0) is 55.3 Å². The number of dihydropyridines is 1. The molecule has 2 aromatic heterocycles. The minimum Gasteiger partial charge on any atom is -0.325 e. The largest absolute Gasteiger partial charge is 0.451 e. The summed E-state index contributed by atoms with van der Waals surface area (Å²) in [7, 11) is -4.39. The van der Waals surface area contributed by atoms with Gasteiger partial charge in [-0.2, -0.15) is 13.2 Å². The lowest BCUT2D eigenvalue weighted by Crippen LogP contribution is -2.48. The standard InChI is InChI=1S/C23H19F5N6O2S/c1-22(2)18(34-37(35,36)17-4-3-15(24)11-16(17)25)9-14(12-31-22)13-5-7-29-20(10-13)32-19-6-8-30-21(33-19)23(26,27)28/h3-12,18,34H,1-2H3,(H,29,30,32,33). The van der Waals surface area contributed by atoms with Crippen molar-refractivity contribution in [3.63, 3.8) is 0 Å². The van der Waals surface area contributed by atoms with E-state index in [2.05, 4.69) is 30.0 Å². The second kappa shape index (κ2) is 9.59. The average molecular weight is 539 g/mol. The van der Waals surface area contributed by atoms with Gasteiger partial charge in [-0.3, -0.25) is 4.99 Å². The molecule has 0 saturated heterocycles. The summed E-state index contributed by atoms with van der Waals surface area (Å²) in [5.41, 5.74) is 0.0191. The summed E-state index contributed by atoms with van der Waals surface area (Å²) in [6.07, 6.45) is 0.709.